The highest BCUT2D eigenvalue weighted by molar-refractivity contribution is 7.25. The second-order valence-electron chi connectivity index (χ2n) is 11.5. The fourth-order valence-electron chi connectivity index (χ4n) is 6.78. The third kappa shape index (κ3) is 3.99. The van der Waals surface area contributed by atoms with E-state index in [1.54, 1.807) is 11.3 Å². The molecule has 0 fully saturated rings. The minimum absolute atomic E-state index is 0.664. The molecule has 0 N–H and O–H groups in total. The standard InChI is InChI=1S/C41H27N3OS/c1-3-13-27(40-42-38(26-14-5-4-6-15-26)37-31-18-9-12-21-35(31)46-41(37)43-40)24-25(2)44-32-19-10-7-17-30(32)36-33(44)23-22-29-28-16-8-11-20-34(28)45-39(29)36/h3-24H,1H2,2H3/b25-24+,27-13+. The maximum atomic E-state index is 6.50. The first-order chi connectivity index (χ1) is 22.7. The number of hydrogen-bond acceptors (Lipinski definition) is 4. The molecule has 0 saturated carbocycles. The molecule has 0 unspecified atom stereocenters. The zero-order valence-corrected chi connectivity index (χ0v) is 25.9. The molecule has 5 heteroatoms. The molecule has 9 rings (SSSR count). The third-order valence-electron chi connectivity index (χ3n) is 8.74. The van der Waals surface area contributed by atoms with Crippen molar-refractivity contribution in [2.24, 2.45) is 0 Å². The van der Waals surface area contributed by atoms with Crippen LogP contribution in [0.15, 0.2) is 144 Å². The molecular weight excluding hydrogens is 583 g/mol. The van der Waals surface area contributed by atoms with Gasteiger partial charge in [-0.05, 0) is 43.3 Å². The van der Waals surface area contributed by atoms with Gasteiger partial charge in [-0.25, -0.2) is 9.97 Å². The molecule has 4 nitrogen and oxygen atoms in total. The lowest BCUT2D eigenvalue weighted by Gasteiger charge is -2.11. The first kappa shape index (κ1) is 26.6. The van der Waals surface area contributed by atoms with Crippen molar-refractivity contribution in [3.63, 3.8) is 0 Å². The molecule has 0 atom stereocenters. The highest BCUT2D eigenvalue weighted by Gasteiger charge is 2.20. The Morgan fingerprint density at radius 1 is 0.717 bits per heavy atom. The summed E-state index contributed by atoms with van der Waals surface area (Å²) in [5.74, 6) is 0.664. The molecule has 0 aliphatic rings. The predicted octanol–water partition coefficient (Wildman–Crippen LogP) is 11.6. The van der Waals surface area contributed by atoms with Crippen molar-refractivity contribution in [2.45, 2.75) is 6.92 Å². The van der Waals surface area contributed by atoms with E-state index in [0.717, 1.165) is 76.5 Å². The number of nitrogens with zero attached hydrogens (tertiary/aromatic N) is 3. The number of furan rings is 1. The molecule has 0 aliphatic heterocycles. The molecule has 9 aromatic rings. The van der Waals surface area contributed by atoms with Gasteiger partial charge >= 0.3 is 0 Å². The topological polar surface area (TPSA) is 43.9 Å². The summed E-state index contributed by atoms with van der Waals surface area (Å²) < 4.78 is 10.0. The average molecular weight is 610 g/mol. The maximum Gasteiger partial charge on any atom is 0.161 e. The Hall–Kier alpha value is -5.78. The van der Waals surface area contributed by atoms with Gasteiger partial charge in [0.25, 0.3) is 0 Å². The van der Waals surface area contributed by atoms with E-state index in [1.165, 1.54) is 10.1 Å². The number of allylic oxidation sites excluding steroid dienone is 5. The van der Waals surface area contributed by atoms with E-state index in [0.29, 0.717) is 5.82 Å². The Morgan fingerprint density at radius 2 is 1.46 bits per heavy atom. The molecule has 0 saturated heterocycles. The summed E-state index contributed by atoms with van der Waals surface area (Å²) in [5, 5.41) is 6.78. The zero-order chi connectivity index (χ0) is 30.8. The molecule has 0 spiro atoms. The number of aromatic nitrogens is 3. The third-order valence-corrected chi connectivity index (χ3v) is 9.80. The van der Waals surface area contributed by atoms with Gasteiger partial charge in [0.1, 0.15) is 16.0 Å². The second kappa shape index (κ2) is 10.4. The summed E-state index contributed by atoms with van der Waals surface area (Å²) >= 11 is 1.70. The van der Waals surface area contributed by atoms with Gasteiger partial charge in [0.2, 0.25) is 0 Å². The Bertz CT molecular complexity index is 2720. The molecule has 218 valence electrons. The highest BCUT2D eigenvalue weighted by atomic mass is 32.1. The minimum atomic E-state index is 0.664. The van der Waals surface area contributed by atoms with Crippen LogP contribution < -0.4 is 0 Å². The van der Waals surface area contributed by atoms with Crippen molar-refractivity contribution in [3.8, 4) is 11.3 Å². The van der Waals surface area contributed by atoms with E-state index in [4.69, 9.17) is 14.4 Å². The zero-order valence-electron chi connectivity index (χ0n) is 25.1. The van der Waals surface area contributed by atoms with Crippen LogP contribution in [0.4, 0.5) is 0 Å². The van der Waals surface area contributed by atoms with E-state index in [-0.39, 0.29) is 0 Å². The fourth-order valence-corrected chi connectivity index (χ4v) is 7.85. The molecular formula is C41H27N3OS. The number of para-hydroxylation sites is 2. The van der Waals surface area contributed by atoms with Crippen molar-refractivity contribution in [3.05, 3.63) is 146 Å². The number of thiophene rings is 1. The summed E-state index contributed by atoms with van der Waals surface area (Å²) in [6.07, 6.45) is 5.97. The molecule has 0 bridgehead atoms. The fraction of sp³-hybridized carbons (Fsp3) is 0.0244. The Balaban J connectivity index is 1.28. The van der Waals surface area contributed by atoms with E-state index >= 15 is 0 Å². The van der Waals surface area contributed by atoms with Gasteiger partial charge in [0.15, 0.2) is 5.82 Å². The van der Waals surface area contributed by atoms with Gasteiger partial charge in [0, 0.05) is 48.5 Å². The van der Waals surface area contributed by atoms with Crippen molar-refractivity contribution in [2.75, 3.05) is 0 Å². The normalized spacial score (nSPS) is 12.8. The van der Waals surface area contributed by atoms with Crippen molar-refractivity contribution >= 4 is 86.7 Å². The number of fused-ring (bicyclic) bond motifs is 10. The first-order valence-corrected chi connectivity index (χ1v) is 16.1. The number of hydrogen-bond donors (Lipinski definition) is 0. The lowest BCUT2D eigenvalue weighted by Crippen LogP contribution is -1.99. The molecule has 0 amide bonds. The first-order valence-electron chi connectivity index (χ1n) is 15.3. The van der Waals surface area contributed by atoms with Crippen LogP contribution in [0, 0.1) is 0 Å². The van der Waals surface area contributed by atoms with Crippen LogP contribution in [0.3, 0.4) is 0 Å². The van der Waals surface area contributed by atoms with Gasteiger partial charge < -0.3 is 8.98 Å². The van der Waals surface area contributed by atoms with E-state index in [9.17, 15) is 0 Å². The Morgan fingerprint density at radius 3 is 2.30 bits per heavy atom. The van der Waals surface area contributed by atoms with Crippen LogP contribution in [-0.2, 0) is 0 Å². The Labute approximate surface area is 268 Å². The smallest absolute Gasteiger partial charge is 0.161 e. The molecule has 4 aromatic heterocycles. The summed E-state index contributed by atoms with van der Waals surface area (Å²) in [6.45, 7) is 6.19. The van der Waals surface area contributed by atoms with Crippen LogP contribution in [0.25, 0.3) is 86.6 Å². The summed E-state index contributed by atoms with van der Waals surface area (Å²) in [4.78, 5) is 11.4. The minimum Gasteiger partial charge on any atom is -0.455 e. The van der Waals surface area contributed by atoms with Crippen LogP contribution in [0.5, 0.6) is 0 Å². The monoisotopic (exact) mass is 609 g/mol. The average Bonchev–Trinajstić information content (AvgIpc) is 3.77. The van der Waals surface area contributed by atoms with Crippen molar-refractivity contribution in [1.29, 1.82) is 0 Å². The molecule has 5 aromatic carbocycles. The van der Waals surface area contributed by atoms with E-state index < -0.39 is 0 Å². The van der Waals surface area contributed by atoms with Crippen molar-refractivity contribution in [1.82, 2.24) is 14.5 Å². The van der Waals surface area contributed by atoms with Gasteiger partial charge in [-0.3, -0.25) is 0 Å². The number of benzene rings is 5. The van der Waals surface area contributed by atoms with Crippen LogP contribution in [-0.4, -0.2) is 14.5 Å². The Kier molecular flexibility index (Phi) is 6.02. The van der Waals surface area contributed by atoms with Crippen LogP contribution in [0.1, 0.15) is 12.7 Å². The molecule has 0 aliphatic carbocycles. The summed E-state index contributed by atoms with van der Waals surface area (Å²) in [5.41, 5.74) is 7.94. The second-order valence-corrected chi connectivity index (χ2v) is 12.5. The predicted molar refractivity (Wildman–Crippen MR) is 195 cm³/mol. The largest absolute Gasteiger partial charge is 0.455 e. The molecule has 4 heterocycles. The lowest BCUT2D eigenvalue weighted by molar-refractivity contribution is 0.673. The van der Waals surface area contributed by atoms with Gasteiger partial charge in [-0.2, -0.15) is 0 Å². The highest BCUT2D eigenvalue weighted by Crippen LogP contribution is 2.42. The van der Waals surface area contributed by atoms with Gasteiger partial charge in [-0.15, -0.1) is 11.3 Å². The lowest BCUT2D eigenvalue weighted by atomic mass is 10.1. The van der Waals surface area contributed by atoms with E-state index in [1.807, 2.05) is 30.4 Å². The summed E-state index contributed by atoms with van der Waals surface area (Å²) in [7, 11) is 0. The van der Waals surface area contributed by atoms with Crippen LogP contribution in [0.2, 0.25) is 0 Å². The molecule has 46 heavy (non-hydrogen) atoms. The van der Waals surface area contributed by atoms with Crippen molar-refractivity contribution < 1.29 is 4.42 Å². The van der Waals surface area contributed by atoms with Crippen LogP contribution >= 0.6 is 11.3 Å². The molecule has 0 radical (unpaired) electrons. The van der Waals surface area contributed by atoms with Gasteiger partial charge in [0.05, 0.1) is 22.1 Å². The number of rotatable bonds is 5. The summed E-state index contributed by atoms with van der Waals surface area (Å²) in [6, 6.07) is 40.0. The quantitative estimate of drug-likeness (QED) is 0.182. The van der Waals surface area contributed by atoms with Gasteiger partial charge in [-0.1, -0.05) is 104 Å². The SMILES string of the molecule is C=C/C=C(\C=C(/C)n1c2ccccc2c2c3oc4ccccc4c3ccc21)c1nc(-c2ccccc2)c2c(n1)sc1ccccc12. The van der Waals surface area contributed by atoms with E-state index in [2.05, 4.69) is 121 Å². The maximum absolute atomic E-state index is 6.50.